The number of carbonyl (C=O) groups is 2. The third-order valence-electron chi connectivity index (χ3n) is 2.74. The molecule has 4 heteroatoms. The second-order valence-electron chi connectivity index (χ2n) is 3.86. The molecular weight excluding hydrogens is 260 g/mol. The number of ketones is 1. The highest BCUT2D eigenvalue weighted by molar-refractivity contribution is 7.98. The van der Waals surface area contributed by atoms with Gasteiger partial charge in [0, 0.05) is 21.6 Å². The zero-order valence-electron chi connectivity index (χ0n) is 10.3. The van der Waals surface area contributed by atoms with E-state index in [0.29, 0.717) is 5.56 Å². The van der Waals surface area contributed by atoms with Gasteiger partial charge in [0.2, 0.25) is 0 Å². The van der Waals surface area contributed by atoms with Gasteiger partial charge in [-0.3, -0.25) is 4.79 Å². The third-order valence-corrected chi connectivity index (χ3v) is 3.54. The Labute approximate surface area is 115 Å². The Morgan fingerprint density at radius 3 is 2.00 bits per heavy atom. The van der Waals surface area contributed by atoms with Gasteiger partial charge in [0.1, 0.15) is 0 Å². The highest BCUT2D eigenvalue weighted by atomic mass is 32.2. The molecule has 0 bridgehead atoms. The normalized spacial score (nSPS) is 10.2. The highest BCUT2D eigenvalue weighted by Crippen LogP contribution is 2.23. The van der Waals surface area contributed by atoms with Crippen LogP contribution in [-0.4, -0.2) is 18.0 Å². The molecule has 2 aromatic carbocycles. The molecule has 0 N–H and O–H groups in total. The fourth-order valence-corrected chi connectivity index (χ4v) is 2.43. The Balaban J connectivity index is 2.53. The average molecular weight is 271 g/mol. The first-order valence-corrected chi connectivity index (χ1v) is 6.85. The molecule has 2 rings (SSSR count). The Morgan fingerprint density at radius 2 is 1.42 bits per heavy atom. The predicted octanol–water partition coefficient (Wildman–Crippen LogP) is 2.00. The van der Waals surface area contributed by atoms with E-state index in [1.165, 1.54) is 23.9 Å². The van der Waals surface area contributed by atoms with E-state index in [1.54, 1.807) is 24.3 Å². The summed E-state index contributed by atoms with van der Waals surface area (Å²) in [5.74, 6) is -1.64. The van der Waals surface area contributed by atoms with Crippen LogP contribution < -0.4 is 5.11 Å². The molecule has 0 radical (unpaired) electrons. The van der Waals surface area contributed by atoms with Crippen LogP contribution in [0.1, 0.15) is 26.3 Å². The van der Waals surface area contributed by atoms with Crippen LogP contribution >= 0.6 is 11.8 Å². The minimum atomic E-state index is -1.34. The van der Waals surface area contributed by atoms with Gasteiger partial charge in [0.05, 0.1) is 5.97 Å². The molecule has 3 nitrogen and oxygen atoms in total. The number of benzene rings is 2. The molecule has 96 valence electrons. The Kier molecular flexibility index (Phi) is 4.02. The van der Waals surface area contributed by atoms with Gasteiger partial charge in [-0.05, 0) is 18.4 Å². The summed E-state index contributed by atoms with van der Waals surface area (Å²) in [6, 6.07) is 13.2. The summed E-state index contributed by atoms with van der Waals surface area (Å²) in [5.41, 5.74) is 0.580. The molecule has 0 aliphatic heterocycles. The Hall–Kier alpha value is -2.07. The van der Waals surface area contributed by atoms with Gasteiger partial charge in [0.25, 0.3) is 0 Å². The van der Waals surface area contributed by atoms with Crippen LogP contribution in [0.2, 0.25) is 0 Å². The maximum absolute atomic E-state index is 12.4. The molecule has 0 unspecified atom stereocenters. The number of carboxylic acids is 1. The summed E-state index contributed by atoms with van der Waals surface area (Å²) in [4.78, 5) is 24.3. The van der Waals surface area contributed by atoms with Crippen molar-refractivity contribution in [2.24, 2.45) is 0 Å². The second kappa shape index (κ2) is 5.71. The lowest BCUT2D eigenvalue weighted by Crippen LogP contribution is -2.25. The van der Waals surface area contributed by atoms with E-state index < -0.39 is 5.97 Å². The first-order valence-electron chi connectivity index (χ1n) is 5.63. The van der Waals surface area contributed by atoms with Crippen LogP contribution in [0.15, 0.2) is 53.4 Å². The number of hydrogen-bond acceptors (Lipinski definition) is 4. The minimum absolute atomic E-state index is 0.0802. The molecule has 2 aromatic rings. The van der Waals surface area contributed by atoms with E-state index in [9.17, 15) is 14.7 Å². The van der Waals surface area contributed by atoms with Crippen molar-refractivity contribution in [3.05, 3.63) is 65.2 Å². The Bertz CT molecular complexity index is 635. The molecule has 0 atom stereocenters. The lowest BCUT2D eigenvalue weighted by atomic mass is 9.98. The van der Waals surface area contributed by atoms with Crippen LogP contribution in [-0.2, 0) is 0 Å². The third kappa shape index (κ3) is 2.69. The summed E-state index contributed by atoms with van der Waals surface area (Å²) in [6.45, 7) is 0. The number of aromatic carboxylic acids is 1. The van der Waals surface area contributed by atoms with Crippen molar-refractivity contribution in [3.8, 4) is 0 Å². The zero-order valence-corrected chi connectivity index (χ0v) is 11.1. The predicted molar refractivity (Wildman–Crippen MR) is 72.4 cm³/mol. The lowest BCUT2D eigenvalue weighted by molar-refractivity contribution is -0.255. The van der Waals surface area contributed by atoms with Gasteiger partial charge >= 0.3 is 0 Å². The fourth-order valence-electron chi connectivity index (χ4n) is 1.84. The minimum Gasteiger partial charge on any atom is -0.545 e. The van der Waals surface area contributed by atoms with Crippen LogP contribution in [0.5, 0.6) is 0 Å². The molecule has 0 saturated heterocycles. The molecular formula is C15H11O3S-. The van der Waals surface area contributed by atoms with Crippen molar-refractivity contribution >= 4 is 23.5 Å². The summed E-state index contributed by atoms with van der Waals surface area (Å²) in [7, 11) is 0. The van der Waals surface area contributed by atoms with E-state index in [1.807, 2.05) is 18.4 Å². The standard InChI is InChI=1S/C15H12O3S/c1-19-13-9-5-4-8-12(13)14(16)10-6-2-3-7-11(10)15(17)18/h2-9H,1H3,(H,17,18)/p-1. The molecule has 0 aliphatic rings. The van der Waals surface area contributed by atoms with Gasteiger partial charge in [-0.2, -0.15) is 0 Å². The maximum atomic E-state index is 12.4. The number of hydrogen-bond donors (Lipinski definition) is 0. The summed E-state index contributed by atoms with van der Waals surface area (Å²) >= 11 is 1.45. The molecule has 0 spiro atoms. The average Bonchev–Trinajstić information content (AvgIpc) is 2.46. The Morgan fingerprint density at radius 1 is 0.895 bits per heavy atom. The molecule has 0 saturated carbocycles. The molecule has 0 heterocycles. The van der Waals surface area contributed by atoms with E-state index in [2.05, 4.69) is 0 Å². The number of rotatable bonds is 4. The zero-order chi connectivity index (χ0) is 13.8. The summed E-state index contributed by atoms with van der Waals surface area (Å²) < 4.78 is 0. The molecule has 0 fully saturated rings. The van der Waals surface area contributed by atoms with Gasteiger partial charge in [0.15, 0.2) is 5.78 Å². The number of carbonyl (C=O) groups excluding carboxylic acids is 2. The van der Waals surface area contributed by atoms with Crippen molar-refractivity contribution < 1.29 is 14.7 Å². The van der Waals surface area contributed by atoms with Crippen molar-refractivity contribution in [3.63, 3.8) is 0 Å². The molecule has 0 amide bonds. The van der Waals surface area contributed by atoms with Gasteiger partial charge in [-0.1, -0.05) is 36.4 Å². The van der Waals surface area contributed by atoms with Crippen LogP contribution in [0, 0.1) is 0 Å². The first-order chi connectivity index (χ1) is 9.15. The van der Waals surface area contributed by atoms with Crippen molar-refractivity contribution in [2.45, 2.75) is 4.90 Å². The maximum Gasteiger partial charge on any atom is 0.194 e. The summed E-state index contributed by atoms with van der Waals surface area (Å²) in [5, 5.41) is 11.0. The largest absolute Gasteiger partial charge is 0.545 e. The van der Waals surface area contributed by atoms with E-state index in [0.717, 1.165) is 4.90 Å². The van der Waals surface area contributed by atoms with Crippen LogP contribution in [0.25, 0.3) is 0 Å². The van der Waals surface area contributed by atoms with Crippen molar-refractivity contribution in [1.29, 1.82) is 0 Å². The highest BCUT2D eigenvalue weighted by Gasteiger charge is 2.16. The first kappa shape index (κ1) is 13.4. The SMILES string of the molecule is CSc1ccccc1C(=O)c1ccccc1C(=O)[O-]. The van der Waals surface area contributed by atoms with Gasteiger partial charge in [-0.15, -0.1) is 11.8 Å². The van der Waals surface area contributed by atoms with Crippen LogP contribution in [0.3, 0.4) is 0 Å². The quantitative estimate of drug-likeness (QED) is 0.630. The topological polar surface area (TPSA) is 57.2 Å². The molecule has 19 heavy (non-hydrogen) atoms. The fraction of sp³-hybridized carbons (Fsp3) is 0.0667. The van der Waals surface area contributed by atoms with Crippen LogP contribution in [0.4, 0.5) is 0 Å². The smallest absolute Gasteiger partial charge is 0.194 e. The second-order valence-corrected chi connectivity index (χ2v) is 4.71. The van der Waals surface area contributed by atoms with E-state index >= 15 is 0 Å². The monoisotopic (exact) mass is 271 g/mol. The number of thioether (sulfide) groups is 1. The van der Waals surface area contributed by atoms with Gasteiger partial charge < -0.3 is 9.90 Å². The van der Waals surface area contributed by atoms with Crippen molar-refractivity contribution in [2.75, 3.05) is 6.26 Å². The van der Waals surface area contributed by atoms with E-state index in [4.69, 9.17) is 0 Å². The number of carboxylic acid groups (broad SMARTS) is 1. The summed E-state index contributed by atoms with van der Waals surface area (Å²) in [6.07, 6.45) is 1.87. The van der Waals surface area contributed by atoms with Crippen molar-refractivity contribution in [1.82, 2.24) is 0 Å². The van der Waals surface area contributed by atoms with Gasteiger partial charge in [-0.25, -0.2) is 0 Å². The van der Waals surface area contributed by atoms with E-state index in [-0.39, 0.29) is 16.9 Å². The molecule has 0 aliphatic carbocycles. The molecule has 0 aromatic heterocycles. The lowest BCUT2D eigenvalue weighted by Gasteiger charge is -2.11.